The van der Waals surface area contributed by atoms with Crippen molar-refractivity contribution in [1.82, 2.24) is 0 Å². The topological polar surface area (TPSA) is 40.1 Å². The van der Waals surface area contributed by atoms with Gasteiger partial charge in [0.25, 0.3) is 0 Å². The third-order valence-electron chi connectivity index (χ3n) is 1.14. The van der Waals surface area contributed by atoms with E-state index in [-0.39, 0.29) is 36.0 Å². The maximum atomic E-state index is 9.99. The number of carboxylic acids is 1. The Bertz CT molecular complexity index is 852. The van der Waals surface area contributed by atoms with Gasteiger partial charge in [0.1, 0.15) is 0 Å². The zero-order valence-electron chi connectivity index (χ0n) is 11.1. The zero-order valence-corrected chi connectivity index (χ0v) is 13.1. The summed E-state index contributed by atoms with van der Waals surface area (Å²) < 4.78 is 0. The molecule has 0 bridgehead atoms. The fourth-order valence-corrected chi connectivity index (χ4v) is 0.540. The van der Waals surface area contributed by atoms with E-state index in [1.807, 2.05) is 0 Å². The fourth-order valence-electron chi connectivity index (χ4n) is 0.540. The van der Waals surface area contributed by atoms with Crippen LogP contribution in [0.25, 0.3) is 0 Å². The Morgan fingerprint density at radius 1 is 0.714 bits per heavy atom. The normalized spacial score (nSPS) is 4.52. The Hall–Kier alpha value is -3.05. The van der Waals surface area contributed by atoms with Crippen molar-refractivity contribution in [2.45, 2.75) is 6.42 Å². The van der Waals surface area contributed by atoms with Crippen molar-refractivity contribution >= 4 is 5.97 Å². The molecule has 2 nitrogen and oxygen atoms in total. The number of carbonyl (C=O) groups is 1. The Kier molecular flexibility index (Phi) is 16.4. The van der Waals surface area contributed by atoms with Gasteiger partial charge in [0.2, 0.25) is 0 Å². The van der Waals surface area contributed by atoms with Gasteiger partial charge in [-0.3, -0.25) is 0 Å². The van der Waals surface area contributed by atoms with Crippen LogP contribution >= 0.6 is 0 Å². The number of carboxylic acid groups (broad SMARTS) is 1. The Labute approximate surface area is 146 Å². The van der Waals surface area contributed by atoms with Gasteiger partial charge in [-0.1, -0.05) is 5.92 Å². The molecule has 0 aromatic heterocycles. The van der Waals surface area contributed by atoms with E-state index in [2.05, 4.69) is 88.8 Å². The molecule has 0 aliphatic carbocycles. The second kappa shape index (κ2) is 16.9. The van der Waals surface area contributed by atoms with Crippen molar-refractivity contribution in [3.8, 4) is 95.2 Å². The molecule has 3 heteroatoms. The molecule has 0 atom stereocenters. The van der Waals surface area contributed by atoms with Crippen molar-refractivity contribution in [3.63, 3.8) is 0 Å². The summed E-state index contributed by atoms with van der Waals surface area (Å²) in [6.07, 6.45) is 4.52. The molecular formula is C18H3NaO2. The summed E-state index contributed by atoms with van der Waals surface area (Å²) in [4.78, 5) is 9.99. The Morgan fingerprint density at radius 2 is 1.05 bits per heavy atom. The molecule has 0 amide bonds. The van der Waals surface area contributed by atoms with Crippen molar-refractivity contribution in [1.29, 1.82) is 0 Å². The largest absolute Gasteiger partial charge is 1.00 e. The first-order chi connectivity index (χ1) is 9.77. The molecule has 21 heavy (non-hydrogen) atoms. The predicted octanol–water partition coefficient (Wildman–Crippen LogP) is -4.21. The summed E-state index contributed by atoms with van der Waals surface area (Å²) in [6, 6.07) is 0. The van der Waals surface area contributed by atoms with E-state index in [1.54, 1.807) is 0 Å². The maximum Gasteiger partial charge on any atom is 1.00 e. The van der Waals surface area contributed by atoms with Gasteiger partial charge in [-0.15, -0.1) is 6.42 Å². The molecule has 0 radical (unpaired) electrons. The van der Waals surface area contributed by atoms with Crippen LogP contribution in [0.4, 0.5) is 0 Å². The van der Waals surface area contributed by atoms with Gasteiger partial charge in [0.05, 0.1) is 5.97 Å². The van der Waals surface area contributed by atoms with Crippen molar-refractivity contribution in [3.05, 3.63) is 0 Å². The van der Waals surface area contributed by atoms with Crippen molar-refractivity contribution < 1.29 is 39.5 Å². The van der Waals surface area contributed by atoms with Gasteiger partial charge >= 0.3 is 29.6 Å². The molecule has 0 N–H and O–H groups in total. The first kappa shape index (κ1) is 20.3. The Balaban J connectivity index is 0. The van der Waals surface area contributed by atoms with Crippen LogP contribution in [0.2, 0.25) is 0 Å². The van der Waals surface area contributed by atoms with E-state index in [4.69, 9.17) is 6.42 Å². The van der Waals surface area contributed by atoms with Crippen LogP contribution in [-0.4, -0.2) is 5.97 Å². The van der Waals surface area contributed by atoms with Crippen LogP contribution < -0.4 is 34.7 Å². The maximum absolute atomic E-state index is 9.99. The molecular weight excluding hydrogens is 271 g/mol. The fraction of sp³-hybridized carbons (Fsp3) is 0.0556. The van der Waals surface area contributed by atoms with Gasteiger partial charge in [0, 0.05) is 6.42 Å². The summed E-state index contributed by atoms with van der Waals surface area (Å²) in [6.45, 7) is 0. The first-order valence-corrected chi connectivity index (χ1v) is 4.90. The molecule has 0 unspecified atom stereocenters. The van der Waals surface area contributed by atoms with E-state index in [0.29, 0.717) is 0 Å². The van der Waals surface area contributed by atoms with Gasteiger partial charge in [-0.25, -0.2) is 0 Å². The predicted molar refractivity (Wildman–Crippen MR) is 72.9 cm³/mol. The van der Waals surface area contributed by atoms with Crippen molar-refractivity contribution in [2.75, 3.05) is 0 Å². The number of rotatable bonds is 1. The van der Waals surface area contributed by atoms with E-state index < -0.39 is 5.97 Å². The number of hydrogen-bond acceptors (Lipinski definition) is 2. The summed E-state index contributed by atoms with van der Waals surface area (Å²) in [7, 11) is 0. The van der Waals surface area contributed by atoms with E-state index in [9.17, 15) is 9.90 Å². The van der Waals surface area contributed by atoms with E-state index in [1.165, 1.54) is 0 Å². The Morgan fingerprint density at radius 3 is 1.38 bits per heavy atom. The summed E-state index contributed by atoms with van der Waals surface area (Å²) in [5.74, 6) is 34.2. The molecule has 0 fully saturated rings. The minimum Gasteiger partial charge on any atom is -0.549 e. The second-order valence-electron chi connectivity index (χ2n) is 2.49. The van der Waals surface area contributed by atoms with Crippen LogP contribution in [0.3, 0.4) is 0 Å². The average molecular weight is 274 g/mol. The van der Waals surface area contributed by atoms with Gasteiger partial charge < -0.3 is 9.90 Å². The third kappa shape index (κ3) is 19.5. The smallest absolute Gasteiger partial charge is 0.549 e. The first-order valence-electron chi connectivity index (χ1n) is 4.90. The number of hydrogen-bond donors (Lipinski definition) is 0. The summed E-state index contributed by atoms with van der Waals surface area (Å²) in [5.41, 5.74) is 0. The second-order valence-corrected chi connectivity index (χ2v) is 2.49. The number of terminal acetylenes is 1. The average Bonchev–Trinajstić information content (AvgIpc) is 2.43. The monoisotopic (exact) mass is 274 g/mol. The minimum absolute atomic E-state index is 0. The van der Waals surface area contributed by atoms with Gasteiger partial charge in [0.15, 0.2) is 0 Å². The van der Waals surface area contributed by atoms with Crippen LogP contribution in [0.15, 0.2) is 0 Å². The van der Waals surface area contributed by atoms with E-state index >= 15 is 0 Å². The number of aliphatic carboxylic acids is 1. The molecule has 88 valence electrons. The number of carbonyl (C=O) groups excluding carboxylic acids is 1. The third-order valence-corrected chi connectivity index (χ3v) is 1.14. The molecule has 0 aliphatic rings. The molecule has 0 spiro atoms. The standard InChI is InChI=1S/C18H4O2.Na/c1-2-3-4-5-6-7-8-9-10-11-12-13-14-15-16-17-18(19)20;/h1H,17H2,(H,19,20);/q;+1/p-1. The van der Waals surface area contributed by atoms with Gasteiger partial charge in [-0.2, -0.15) is 0 Å². The van der Waals surface area contributed by atoms with Crippen LogP contribution in [0.1, 0.15) is 6.42 Å². The van der Waals surface area contributed by atoms with Crippen LogP contribution in [0, 0.1) is 95.2 Å². The van der Waals surface area contributed by atoms with Gasteiger partial charge in [-0.05, 0) is 82.9 Å². The summed E-state index contributed by atoms with van der Waals surface area (Å²) >= 11 is 0. The molecule has 0 aliphatic heterocycles. The molecule has 0 aromatic rings. The van der Waals surface area contributed by atoms with Crippen LogP contribution in [0.5, 0.6) is 0 Å². The van der Waals surface area contributed by atoms with Crippen molar-refractivity contribution in [2.24, 2.45) is 0 Å². The molecule has 0 rings (SSSR count). The minimum atomic E-state index is -1.25. The SMILES string of the molecule is C#CC#CC#CC#CC#CC#CC#CC#CCC(=O)[O-].[Na+]. The van der Waals surface area contributed by atoms with E-state index in [0.717, 1.165) is 0 Å². The quantitative estimate of drug-likeness (QED) is 0.359. The molecule has 0 saturated heterocycles. The summed E-state index contributed by atoms with van der Waals surface area (Å²) in [5, 5.41) is 9.99. The zero-order chi connectivity index (χ0) is 14.9. The molecule has 0 aromatic carbocycles. The molecule has 0 saturated carbocycles. The molecule has 0 heterocycles. The van der Waals surface area contributed by atoms with Crippen LogP contribution in [-0.2, 0) is 4.79 Å².